The second-order valence-electron chi connectivity index (χ2n) is 10.2. The molecule has 2 aromatic carbocycles. The summed E-state index contributed by atoms with van der Waals surface area (Å²) in [6.07, 6.45) is 0.976. The Hall–Kier alpha value is -3.68. The number of carbonyl (C=O) groups excluding carboxylic acids is 2. The van der Waals surface area contributed by atoms with Gasteiger partial charge in [-0.05, 0) is 50.5 Å². The van der Waals surface area contributed by atoms with Gasteiger partial charge < -0.3 is 10.2 Å². The van der Waals surface area contributed by atoms with Crippen LogP contribution in [0, 0.1) is 11.6 Å². The molecule has 0 bridgehead atoms. The number of amides is 2. The first kappa shape index (κ1) is 23.1. The van der Waals surface area contributed by atoms with Crippen molar-refractivity contribution >= 4 is 11.8 Å². The van der Waals surface area contributed by atoms with Crippen molar-refractivity contribution in [1.82, 2.24) is 20.2 Å². The van der Waals surface area contributed by atoms with E-state index < -0.39 is 17.0 Å². The van der Waals surface area contributed by atoms with Crippen molar-refractivity contribution in [2.75, 3.05) is 7.05 Å². The largest absolute Gasteiger partial charge is 0.346 e. The lowest BCUT2D eigenvalue weighted by molar-refractivity contribution is -0.132. The number of nitrogens with one attached hydrogen (secondary N) is 1. The van der Waals surface area contributed by atoms with Crippen LogP contribution in [0.1, 0.15) is 60.1 Å². The maximum absolute atomic E-state index is 14.4. The third-order valence-electron chi connectivity index (χ3n) is 7.32. The molecule has 2 amide bonds. The molecule has 2 aliphatic heterocycles. The van der Waals surface area contributed by atoms with E-state index in [4.69, 9.17) is 0 Å². The Kier molecular flexibility index (Phi) is 5.23. The van der Waals surface area contributed by atoms with Crippen LogP contribution < -0.4 is 5.32 Å². The fourth-order valence-corrected chi connectivity index (χ4v) is 5.27. The van der Waals surface area contributed by atoms with E-state index in [1.807, 2.05) is 38.2 Å². The van der Waals surface area contributed by atoms with E-state index in [9.17, 15) is 18.4 Å². The van der Waals surface area contributed by atoms with Gasteiger partial charge in [-0.3, -0.25) is 9.59 Å². The standard InChI is InChI=1S/C27H26F2N4O2/c1-26(2)14-27(3,25(35)33(26)4)16-10-8-15(9-11-16)12-19-22-20(13-30-24(22)34)32-23(31-19)21-17(28)6-5-7-18(21)29/h5-11H,12-14H2,1-4H3,(H,30,34)/t27-/m0/s1. The highest BCUT2D eigenvalue weighted by atomic mass is 19.1. The summed E-state index contributed by atoms with van der Waals surface area (Å²) in [5, 5.41) is 2.72. The predicted molar refractivity (Wildman–Crippen MR) is 127 cm³/mol. The zero-order valence-electron chi connectivity index (χ0n) is 20.1. The number of likely N-dealkylation sites (N-methyl/N-ethyl adjacent to an activating group) is 1. The van der Waals surface area contributed by atoms with Crippen LogP contribution in [0.25, 0.3) is 11.4 Å². The molecule has 1 saturated heterocycles. The minimum Gasteiger partial charge on any atom is -0.346 e. The quantitative estimate of drug-likeness (QED) is 0.614. The van der Waals surface area contributed by atoms with Crippen LogP contribution in [0.3, 0.4) is 0 Å². The zero-order valence-corrected chi connectivity index (χ0v) is 20.1. The van der Waals surface area contributed by atoms with Gasteiger partial charge in [-0.2, -0.15) is 0 Å². The number of fused-ring (bicyclic) bond motifs is 1. The number of halogens is 2. The van der Waals surface area contributed by atoms with E-state index in [2.05, 4.69) is 29.1 Å². The van der Waals surface area contributed by atoms with Crippen molar-refractivity contribution in [1.29, 1.82) is 0 Å². The fourth-order valence-electron chi connectivity index (χ4n) is 5.27. The highest BCUT2D eigenvalue weighted by molar-refractivity contribution is 5.99. The number of aromatic nitrogens is 2. The van der Waals surface area contributed by atoms with Gasteiger partial charge in [-0.25, -0.2) is 18.7 Å². The average molecular weight is 477 g/mol. The fraction of sp³-hybridized carbons (Fsp3) is 0.333. The van der Waals surface area contributed by atoms with Gasteiger partial charge in [0.2, 0.25) is 5.91 Å². The first-order valence-corrected chi connectivity index (χ1v) is 11.5. The van der Waals surface area contributed by atoms with Crippen molar-refractivity contribution < 1.29 is 18.4 Å². The van der Waals surface area contributed by atoms with Crippen LogP contribution in [-0.2, 0) is 23.2 Å². The summed E-state index contributed by atoms with van der Waals surface area (Å²) in [4.78, 5) is 36.0. The Morgan fingerprint density at radius 2 is 1.63 bits per heavy atom. The normalized spacial score (nSPS) is 20.8. The third kappa shape index (κ3) is 3.68. The Bertz CT molecular complexity index is 1350. The van der Waals surface area contributed by atoms with Crippen LogP contribution in [-0.4, -0.2) is 39.3 Å². The summed E-state index contributed by atoms with van der Waals surface area (Å²) in [6, 6.07) is 11.3. The number of nitrogens with zero attached hydrogens (tertiary/aromatic N) is 3. The molecule has 1 atom stereocenters. The van der Waals surface area contributed by atoms with Crippen LogP contribution in [0.15, 0.2) is 42.5 Å². The molecule has 0 saturated carbocycles. The van der Waals surface area contributed by atoms with Crippen LogP contribution in [0.2, 0.25) is 0 Å². The van der Waals surface area contributed by atoms with Crippen molar-refractivity contribution in [3.8, 4) is 11.4 Å². The number of hydrogen-bond acceptors (Lipinski definition) is 4. The van der Waals surface area contributed by atoms with Crippen molar-refractivity contribution in [3.05, 3.63) is 82.2 Å². The van der Waals surface area contributed by atoms with Gasteiger partial charge in [0.15, 0.2) is 5.82 Å². The van der Waals surface area contributed by atoms with Crippen LogP contribution in [0.5, 0.6) is 0 Å². The molecule has 0 aliphatic carbocycles. The molecule has 1 fully saturated rings. The molecule has 180 valence electrons. The van der Waals surface area contributed by atoms with Crippen molar-refractivity contribution in [2.24, 2.45) is 0 Å². The topological polar surface area (TPSA) is 75.2 Å². The molecular weight excluding hydrogens is 450 g/mol. The SMILES string of the molecule is CN1C(=O)[C@](C)(c2ccc(Cc3nc(-c4c(F)cccc4F)nc4c3C(=O)NC4)cc2)CC1(C)C. The molecule has 0 radical (unpaired) electrons. The van der Waals surface area contributed by atoms with Gasteiger partial charge in [-0.1, -0.05) is 30.3 Å². The highest BCUT2D eigenvalue weighted by Gasteiger charge is 2.51. The van der Waals surface area contributed by atoms with E-state index in [1.54, 1.807) is 4.90 Å². The lowest BCUT2D eigenvalue weighted by Crippen LogP contribution is -2.38. The number of likely N-dealkylation sites (tertiary alicyclic amines) is 1. The van der Waals surface area contributed by atoms with Gasteiger partial charge in [-0.15, -0.1) is 0 Å². The highest BCUT2D eigenvalue weighted by Crippen LogP contribution is 2.43. The third-order valence-corrected chi connectivity index (χ3v) is 7.32. The predicted octanol–water partition coefficient (Wildman–Crippen LogP) is 4.15. The molecule has 8 heteroatoms. The second kappa shape index (κ2) is 7.93. The van der Waals surface area contributed by atoms with E-state index in [1.165, 1.54) is 6.07 Å². The summed E-state index contributed by atoms with van der Waals surface area (Å²) in [5.41, 5.74) is 1.77. The van der Waals surface area contributed by atoms with E-state index in [-0.39, 0.29) is 41.7 Å². The van der Waals surface area contributed by atoms with Crippen molar-refractivity contribution in [3.63, 3.8) is 0 Å². The first-order valence-electron chi connectivity index (χ1n) is 11.5. The lowest BCUT2D eigenvalue weighted by Gasteiger charge is -2.26. The molecule has 0 unspecified atom stereocenters. The molecule has 6 nitrogen and oxygen atoms in total. The zero-order chi connectivity index (χ0) is 25.1. The number of benzene rings is 2. The first-order chi connectivity index (χ1) is 16.5. The summed E-state index contributed by atoms with van der Waals surface area (Å²) in [6.45, 7) is 6.25. The molecule has 3 aromatic rings. The van der Waals surface area contributed by atoms with E-state index in [0.29, 0.717) is 23.4 Å². The van der Waals surface area contributed by atoms with Gasteiger partial charge >= 0.3 is 0 Å². The molecular formula is C27H26F2N4O2. The number of rotatable bonds is 4. The smallest absolute Gasteiger partial charge is 0.255 e. The second-order valence-corrected chi connectivity index (χ2v) is 10.2. The summed E-state index contributed by atoms with van der Waals surface area (Å²) >= 11 is 0. The van der Waals surface area contributed by atoms with Crippen molar-refractivity contribution in [2.45, 2.75) is 51.1 Å². The Morgan fingerprint density at radius 3 is 2.23 bits per heavy atom. The van der Waals surface area contributed by atoms with Crippen LogP contribution >= 0.6 is 0 Å². The Labute approximate surface area is 202 Å². The summed E-state index contributed by atoms with van der Waals surface area (Å²) in [5.74, 6) is -1.84. The summed E-state index contributed by atoms with van der Waals surface area (Å²) < 4.78 is 28.9. The minimum atomic E-state index is -0.764. The molecule has 2 aliphatic rings. The Morgan fingerprint density at radius 1 is 0.971 bits per heavy atom. The number of hydrogen-bond donors (Lipinski definition) is 1. The van der Waals surface area contributed by atoms with E-state index in [0.717, 1.165) is 23.3 Å². The van der Waals surface area contributed by atoms with Gasteiger partial charge in [0.1, 0.15) is 11.6 Å². The Balaban J connectivity index is 1.51. The molecule has 1 aromatic heterocycles. The number of carbonyl (C=O) groups is 2. The maximum atomic E-state index is 14.4. The molecule has 0 spiro atoms. The van der Waals surface area contributed by atoms with Crippen LogP contribution in [0.4, 0.5) is 8.78 Å². The minimum absolute atomic E-state index is 0.0806. The van der Waals surface area contributed by atoms with E-state index >= 15 is 0 Å². The molecule has 3 heterocycles. The van der Waals surface area contributed by atoms with Gasteiger partial charge in [0.05, 0.1) is 34.5 Å². The molecule has 1 N–H and O–H groups in total. The maximum Gasteiger partial charge on any atom is 0.255 e. The summed E-state index contributed by atoms with van der Waals surface area (Å²) in [7, 11) is 1.83. The van der Waals surface area contributed by atoms with Gasteiger partial charge in [0, 0.05) is 19.0 Å². The molecule has 5 rings (SSSR count). The monoisotopic (exact) mass is 476 g/mol. The van der Waals surface area contributed by atoms with Gasteiger partial charge in [0.25, 0.3) is 5.91 Å². The average Bonchev–Trinajstić information content (AvgIpc) is 3.25. The molecule has 35 heavy (non-hydrogen) atoms. The lowest BCUT2D eigenvalue weighted by atomic mass is 9.77.